The highest BCUT2D eigenvalue weighted by molar-refractivity contribution is 5.74. The summed E-state index contributed by atoms with van der Waals surface area (Å²) in [6.45, 7) is 1.90. The second kappa shape index (κ2) is 14.9. The van der Waals surface area contributed by atoms with Gasteiger partial charge in [-0.05, 0) is 73.7 Å². The lowest BCUT2D eigenvalue weighted by atomic mass is 9.96. The van der Waals surface area contributed by atoms with E-state index in [1.54, 1.807) is 0 Å². The molecule has 0 bridgehead atoms. The maximum Gasteiger partial charge on any atom is 0.320 e. The number of carboxylic acids is 1. The van der Waals surface area contributed by atoms with Crippen LogP contribution >= 0.6 is 0 Å². The molecule has 1 N–H and O–H groups in total. The molecule has 1 saturated heterocycles. The number of carbonyl (C=O) groups is 2. The molecule has 3 aromatic rings. The molecule has 1 aliphatic heterocycles. The van der Waals surface area contributed by atoms with Crippen LogP contribution in [-0.4, -0.2) is 48.2 Å². The lowest BCUT2D eigenvalue weighted by Crippen LogP contribution is -2.44. The third-order valence-electron chi connectivity index (χ3n) is 8.69. The van der Waals surface area contributed by atoms with E-state index in [0.29, 0.717) is 50.1 Å². The number of hydrogen-bond donors (Lipinski definition) is 1. The summed E-state index contributed by atoms with van der Waals surface area (Å²) >= 11 is 0. The van der Waals surface area contributed by atoms with Gasteiger partial charge in [-0.2, -0.15) is 5.26 Å². The maximum atomic E-state index is 12.1. The Hall–Kier alpha value is -4.35. The number of fused-ring (bicyclic) bond motifs is 1. The number of aliphatic carboxylic acids is 1. The van der Waals surface area contributed by atoms with Crippen LogP contribution in [0.2, 0.25) is 0 Å². The molecule has 8 nitrogen and oxygen atoms in total. The Morgan fingerprint density at radius 2 is 1.80 bits per heavy atom. The SMILES string of the molecule is COC(=O)CCCCOc1cc(OCc2cccc(-c3ccccc3)c2C#N)c2c(c1CN1CCCCC1C(=O)O)CCC2. The smallest absolute Gasteiger partial charge is 0.320 e. The lowest BCUT2D eigenvalue weighted by molar-refractivity contribution is -0.145. The first-order valence-corrected chi connectivity index (χ1v) is 15.5. The fourth-order valence-corrected chi connectivity index (χ4v) is 6.41. The Kier molecular flexibility index (Phi) is 10.5. The molecule has 3 aromatic carbocycles. The summed E-state index contributed by atoms with van der Waals surface area (Å²) < 4.78 is 17.6. The number of unbranched alkanes of at least 4 members (excludes halogenated alkanes) is 1. The molecule has 1 fully saturated rings. The van der Waals surface area contributed by atoms with Gasteiger partial charge in [0.15, 0.2) is 0 Å². The molecule has 0 saturated carbocycles. The molecule has 5 rings (SSSR count). The second-order valence-electron chi connectivity index (χ2n) is 11.5. The molecule has 1 atom stereocenters. The quantitative estimate of drug-likeness (QED) is 0.177. The number of benzene rings is 3. The van der Waals surface area contributed by atoms with Gasteiger partial charge in [-0.3, -0.25) is 14.5 Å². The van der Waals surface area contributed by atoms with E-state index in [0.717, 1.165) is 72.2 Å². The number of ether oxygens (including phenoxy) is 3. The first kappa shape index (κ1) is 31.1. The number of carbonyl (C=O) groups excluding carboxylic acids is 1. The number of esters is 1. The summed E-state index contributed by atoms with van der Waals surface area (Å²) in [7, 11) is 1.39. The summed E-state index contributed by atoms with van der Waals surface area (Å²) in [5, 5.41) is 20.0. The number of hydrogen-bond acceptors (Lipinski definition) is 7. The minimum Gasteiger partial charge on any atom is -0.493 e. The fraction of sp³-hybridized carbons (Fsp3) is 0.417. The van der Waals surface area contributed by atoms with Gasteiger partial charge in [0, 0.05) is 30.2 Å². The van der Waals surface area contributed by atoms with E-state index in [2.05, 4.69) is 11.0 Å². The molecule has 1 unspecified atom stereocenters. The Morgan fingerprint density at radius 3 is 2.57 bits per heavy atom. The van der Waals surface area contributed by atoms with E-state index in [9.17, 15) is 20.0 Å². The van der Waals surface area contributed by atoms with Crippen LogP contribution in [0.15, 0.2) is 54.6 Å². The molecule has 0 radical (unpaired) electrons. The average molecular weight is 597 g/mol. The molecular formula is C36H40N2O6. The standard InChI is InChI=1S/C36H40N2O6/c1-42-35(39)18-6-8-20-43-34-21-33(44-24-26-13-9-14-27(30(26)22-37)25-11-3-2-4-12-25)29-16-10-15-28(29)31(34)23-38-19-7-5-17-32(38)36(40)41/h2-4,9,11-14,21,32H,5-8,10,15-20,23-24H2,1H3,(H,40,41). The van der Waals surface area contributed by atoms with Crippen LogP contribution in [0.3, 0.4) is 0 Å². The minimum absolute atomic E-state index is 0.237. The van der Waals surface area contributed by atoms with E-state index in [1.165, 1.54) is 12.7 Å². The van der Waals surface area contributed by atoms with E-state index in [1.807, 2.05) is 54.6 Å². The Balaban J connectivity index is 1.43. The lowest BCUT2D eigenvalue weighted by Gasteiger charge is -2.34. The largest absolute Gasteiger partial charge is 0.493 e. The number of nitriles is 1. The van der Waals surface area contributed by atoms with Gasteiger partial charge >= 0.3 is 11.9 Å². The third-order valence-corrected chi connectivity index (χ3v) is 8.69. The van der Waals surface area contributed by atoms with Crippen LogP contribution in [0.5, 0.6) is 11.5 Å². The van der Waals surface area contributed by atoms with Crippen LogP contribution in [0.1, 0.15) is 72.8 Å². The first-order valence-electron chi connectivity index (χ1n) is 15.5. The summed E-state index contributed by atoms with van der Waals surface area (Å²) in [5.74, 6) is 0.426. The van der Waals surface area contributed by atoms with E-state index >= 15 is 0 Å². The molecule has 1 heterocycles. The predicted molar refractivity (Wildman–Crippen MR) is 166 cm³/mol. The van der Waals surface area contributed by atoms with E-state index in [4.69, 9.17) is 14.2 Å². The monoisotopic (exact) mass is 596 g/mol. The van der Waals surface area contributed by atoms with Crippen molar-refractivity contribution in [2.75, 3.05) is 20.3 Å². The summed E-state index contributed by atoms with van der Waals surface area (Å²) in [6.07, 6.45) is 6.93. The molecule has 44 heavy (non-hydrogen) atoms. The third kappa shape index (κ3) is 7.23. The van der Waals surface area contributed by atoms with Crippen molar-refractivity contribution >= 4 is 11.9 Å². The molecule has 0 aromatic heterocycles. The van der Waals surface area contributed by atoms with Gasteiger partial charge in [-0.1, -0.05) is 55.0 Å². The molecule has 1 aliphatic carbocycles. The van der Waals surface area contributed by atoms with Crippen molar-refractivity contribution in [1.29, 1.82) is 5.26 Å². The van der Waals surface area contributed by atoms with Gasteiger partial charge in [-0.15, -0.1) is 0 Å². The number of rotatable bonds is 13. The highest BCUT2D eigenvalue weighted by Crippen LogP contribution is 2.41. The highest BCUT2D eigenvalue weighted by Gasteiger charge is 2.32. The summed E-state index contributed by atoms with van der Waals surface area (Å²) in [4.78, 5) is 25.7. The number of methoxy groups -OCH3 is 1. The Bertz CT molecular complexity index is 1510. The second-order valence-corrected chi connectivity index (χ2v) is 11.5. The van der Waals surface area contributed by atoms with E-state index < -0.39 is 12.0 Å². The zero-order chi connectivity index (χ0) is 30.9. The predicted octanol–water partition coefficient (Wildman–Crippen LogP) is 6.45. The normalized spacial score (nSPS) is 16.1. The van der Waals surface area contributed by atoms with Gasteiger partial charge in [0.1, 0.15) is 30.2 Å². The molecule has 0 amide bonds. The van der Waals surface area contributed by atoms with Crippen molar-refractivity contribution in [3.8, 4) is 28.7 Å². The number of likely N-dealkylation sites (tertiary alicyclic amines) is 1. The molecule has 2 aliphatic rings. The van der Waals surface area contributed by atoms with E-state index in [-0.39, 0.29) is 12.6 Å². The molecule has 0 spiro atoms. The highest BCUT2D eigenvalue weighted by atomic mass is 16.5. The van der Waals surface area contributed by atoms with Gasteiger partial charge in [0.2, 0.25) is 0 Å². The van der Waals surface area contributed by atoms with Gasteiger partial charge in [0.05, 0.1) is 19.3 Å². The van der Waals surface area contributed by atoms with Crippen molar-refractivity contribution in [2.24, 2.45) is 0 Å². The number of carboxylic acid groups (broad SMARTS) is 1. The van der Waals surface area contributed by atoms with Crippen molar-refractivity contribution < 1.29 is 28.9 Å². The fourth-order valence-electron chi connectivity index (χ4n) is 6.41. The van der Waals surface area contributed by atoms with Gasteiger partial charge in [0.25, 0.3) is 0 Å². The maximum absolute atomic E-state index is 12.1. The minimum atomic E-state index is -0.780. The van der Waals surface area contributed by atoms with Crippen LogP contribution in [0.4, 0.5) is 0 Å². The number of nitrogens with zero attached hydrogens (tertiary/aromatic N) is 2. The first-order chi connectivity index (χ1) is 21.5. The molecule has 230 valence electrons. The summed E-state index contributed by atoms with van der Waals surface area (Å²) in [6, 6.07) is 19.6. The van der Waals surface area contributed by atoms with Crippen molar-refractivity contribution in [3.05, 3.63) is 82.4 Å². The van der Waals surface area contributed by atoms with Crippen LogP contribution in [0.25, 0.3) is 11.1 Å². The van der Waals surface area contributed by atoms with Crippen LogP contribution in [0, 0.1) is 11.3 Å². The number of piperidine rings is 1. The van der Waals surface area contributed by atoms with Crippen molar-refractivity contribution in [2.45, 2.75) is 77.0 Å². The van der Waals surface area contributed by atoms with Crippen molar-refractivity contribution in [1.82, 2.24) is 4.90 Å². The average Bonchev–Trinajstić information content (AvgIpc) is 3.55. The van der Waals surface area contributed by atoms with Crippen molar-refractivity contribution in [3.63, 3.8) is 0 Å². The van der Waals surface area contributed by atoms with Gasteiger partial charge < -0.3 is 19.3 Å². The zero-order valence-electron chi connectivity index (χ0n) is 25.3. The Labute approximate surface area is 259 Å². The van der Waals surface area contributed by atoms with Crippen LogP contribution < -0.4 is 9.47 Å². The zero-order valence-corrected chi connectivity index (χ0v) is 25.3. The van der Waals surface area contributed by atoms with Crippen LogP contribution in [-0.2, 0) is 40.3 Å². The topological polar surface area (TPSA) is 109 Å². The molecule has 8 heteroatoms. The molecular weight excluding hydrogens is 556 g/mol. The van der Waals surface area contributed by atoms with Gasteiger partial charge in [-0.25, -0.2) is 0 Å². The Morgan fingerprint density at radius 1 is 0.977 bits per heavy atom. The summed E-state index contributed by atoms with van der Waals surface area (Å²) in [5.41, 5.74) is 6.62.